The molecule has 1 amide bonds. The molecule has 0 radical (unpaired) electrons. The van der Waals surface area contributed by atoms with Crippen molar-refractivity contribution in [2.45, 2.75) is 70.1 Å². The zero-order valence-electron chi connectivity index (χ0n) is 23.6. The van der Waals surface area contributed by atoms with Gasteiger partial charge in [0.1, 0.15) is 17.7 Å². The minimum absolute atomic E-state index is 0.00294. The molecule has 1 saturated carbocycles. The van der Waals surface area contributed by atoms with Crippen molar-refractivity contribution in [3.63, 3.8) is 0 Å². The van der Waals surface area contributed by atoms with E-state index in [4.69, 9.17) is 0 Å². The molecule has 0 saturated heterocycles. The molecule has 0 unspecified atom stereocenters. The third kappa shape index (κ3) is 6.32. The summed E-state index contributed by atoms with van der Waals surface area (Å²) in [5.74, 6) is -1.46. The van der Waals surface area contributed by atoms with Gasteiger partial charge in [0.15, 0.2) is 0 Å². The summed E-state index contributed by atoms with van der Waals surface area (Å²) in [6.45, 7) is 4.08. The number of anilines is 1. The fraction of sp³-hybridized carbons (Fsp3) is 0.387. The van der Waals surface area contributed by atoms with Gasteiger partial charge in [-0.3, -0.25) is 9.59 Å². The van der Waals surface area contributed by atoms with Crippen molar-refractivity contribution >= 4 is 28.7 Å². The fourth-order valence-electron chi connectivity index (χ4n) is 5.38. The van der Waals surface area contributed by atoms with E-state index in [2.05, 4.69) is 6.07 Å². The van der Waals surface area contributed by atoms with Crippen molar-refractivity contribution in [2.75, 3.05) is 11.9 Å². The van der Waals surface area contributed by atoms with Crippen LogP contribution in [0.5, 0.6) is 0 Å². The molecule has 4 rings (SSSR count). The summed E-state index contributed by atoms with van der Waals surface area (Å²) < 4.78 is 95.7. The Bertz CT molecular complexity index is 1590. The smallest absolute Gasteiger partial charge is 0.312 e. The van der Waals surface area contributed by atoms with Gasteiger partial charge in [-0.1, -0.05) is 6.07 Å². The summed E-state index contributed by atoms with van der Waals surface area (Å²) >= 11 is 1.21. The monoisotopic (exact) mass is 624 g/mol. The van der Waals surface area contributed by atoms with E-state index in [1.807, 2.05) is 0 Å². The molecule has 0 N–H and O–H groups in total. The Morgan fingerprint density at radius 2 is 1.49 bits per heavy atom. The number of likely N-dealkylation sites (N-methyl/N-ethyl adjacent to an activating group) is 1. The van der Waals surface area contributed by atoms with E-state index >= 15 is 0 Å². The number of nitrogens with zero attached hydrogens (tertiary/aromatic N) is 2. The van der Waals surface area contributed by atoms with Crippen molar-refractivity contribution in [3.8, 4) is 16.5 Å². The highest BCUT2D eigenvalue weighted by atomic mass is 32.1. The van der Waals surface area contributed by atoms with Gasteiger partial charge in [-0.15, -0.1) is 11.3 Å². The van der Waals surface area contributed by atoms with E-state index in [0.29, 0.717) is 58.7 Å². The van der Waals surface area contributed by atoms with Crippen LogP contribution in [0, 0.1) is 24.1 Å². The number of rotatable bonds is 5. The van der Waals surface area contributed by atoms with Gasteiger partial charge in [0.25, 0.3) is 0 Å². The van der Waals surface area contributed by atoms with Gasteiger partial charge in [-0.2, -0.15) is 31.6 Å². The SMILES string of the molecule is Cc1cc(F)ccc1-c1sc(C2CCC(=O)CC2)c(C#N)c1N(C)C(=O)C(C)(C)c1cc(C(F)(F)F)cc(C(F)(F)F)c1. The fourth-order valence-corrected chi connectivity index (χ4v) is 6.92. The molecule has 0 spiro atoms. The van der Waals surface area contributed by atoms with E-state index in [1.165, 1.54) is 50.4 Å². The van der Waals surface area contributed by atoms with Crippen LogP contribution in [0.15, 0.2) is 36.4 Å². The zero-order chi connectivity index (χ0) is 32.1. The molecular formula is C31H27F7N2O2S. The highest BCUT2D eigenvalue weighted by Gasteiger charge is 2.42. The standard InChI is InChI=1S/C31H27F7N2O2S/c1-16-11-21(32)7-10-23(16)27-25(24(15-39)26(43-27)17-5-8-22(41)9-6-17)40(4)28(42)29(2,3)18-12-19(30(33,34)35)14-20(13-18)31(36,37)38/h7,10-14,17H,5-6,8-9H2,1-4H3. The van der Waals surface area contributed by atoms with Gasteiger partial charge in [0, 0.05) is 24.8 Å². The molecule has 3 aromatic rings. The van der Waals surface area contributed by atoms with Crippen molar-refractivity contribution in [1.82, 2.24) is 0 Å². The first-order chi connectivity index (χ1) is 19.9. The third-order valence-corrected chi connectivity index (χ3v) is 9.23. The maximum atomic E-state index is 14.1. The summed E-state index contributed by atoms with van der Waals surface area (Å²) in [5, 5.41) is 10.3. The van der Waals surface area contributed by atoms with E-state index in [1.54, 1.807) is 6.92 Å². The lowest BCUT2D eigenvalue weighted by molar-refractivity contribution is -0.143. The Kier molecular flexibility index (Phi) is 8.55. The van der Waals surface area contributed by atoms with Gasteiger partial charge in [-0.05, 0) is 86.6 Å². The number of thiophene rings is 1. The van der Waals surface area contributed by atoms with Crippen molar-refractivity contribution in [2.24, 2.45) is 0 Å². The molecule has 1 aliphatic rings. The maximum Gasteiger partial charge on any atom is 0.416 e. The van der Waals surface area contributed by atoms with Gasteiger partial charge >= 0.3 is 12.4 Å². The zero-order valence-corrected chi connectivity index (χ0v) is 24.5. The second kappa shape index (κ2) is 11.4. The summed E-state index contributed by atoms with van der Waals surface area (Å²) in [6, 6.07) is 7.16. The van der Waals surface area contributed by atoms with Crippen LogP contribution in [0.25, 0.3) is 10.4 Å². The Balaban J connectivity index is 1.90. The number of halogens is 7. The summed E-state index contributed by atoms with van der Waals surface area (Å²) in [4.78, 5) is 28.1. The quantitative estimate of drug-likeness (QED) is 0.266. The number of aryl methyl sites for hydroxylation is 1. The van der Waals surface area contributed by atoms with Gasteiger partial charge in [0.05, 0.1) is 32.7 Å². The van der Waals surface area contributed by atoms with Crippen LogP contribution < -0.4 is 4.90 Å². The number of alkyl halides is 6. The number of nitriles is 1. The Hall–Kier alpha value is -3.72. The summed E-state index contributed by atoms with van der Waals surface area (Å²) in [7, 11) is 1.31. The molecule has 0 atom stereocenters. The Morgan fingerprint density at radius 1 is 0.953 bits per heavy atom. The summed E-state index contributed by atoms with van der Waals surface area (Å²) in [5.41, 5.74) is -4.28. The highest BCUT2D eigenvalue weighted by molar-refractivity contribution is 7.16. The number of amides is 1. The number of benzene rings is 2. The van der Waals surface area contributed by atoms with Crippen LogP contribution in [-0.2, 0) is 27.4 Å². The molecule has 1 heterocycles. The lowest BCUT2D eigenvalue weighted by atomic mass is 9.81. The van der Waals surface area contributed by atoms with E-state index in [-0.39, 0.29) is 29.0 Å². The predicted octanol–water partition coefficient (Wildman–Crippen LogP) is 8.94. The number of carbonyl (C=O) groups excluding carboxylic acids is 2. The number of hydrogen-bond donors (Lipinski definition) is 0. The van der Waals surface area contributed by atoms with Crippen LogP contribution in [-0.4, -0.2) is 18.7 Å². The molecule has 43 heavy (non-hydrogen) atoms. The van der Waals surface area contributed by atoms with Crippen LogP contribution in [0.4, 0.5) is 36.4 Å². The highest BCUT2D eigenvalue weighted by Crippen LogP contribution is 2.50. The van der Waals surface area contributed by atoms with Crippen LogP contribution in [0.2, 0.25) is 0 Å². The molecule has 1 aliphatic carbocycles. The minimum Gasteiger partial charge on any atom is -0.312 e. The first-order valence-corrected chi connectivity index (χ1v) is 14.1. The lowest BCUT2D eigenvalue weighted by Gasteiger charge is -2.31. The van der Waals surface area contributed by atoms with Crippen LogP contribution >= 0.6 is 11.3 Å². The molecular weight excluding hydrogens is 597 g/mol. The van der Waals surface area contributed by atoms with Gasteiger partial charge < -0.3 is 4.90 Å². The molecule has 4 nitrogen and oxygen atoms in total. The molecule has 12 heteroatoms. The topological polar surface area (TPSA) is 61.2 Å². The number of ketones is 1. The van der Waals surface area contributed by atoms with Gasteiger partial charge in [0.2, 0.25) is 5.91 Å². The van der Waals surface area contributed by atoms with Gasteiger partial charge in [-0.25, -0.2) is 4.39 Å². The van der Waals surface area contributed by atoms with Crippen molar-refractivity contribution in [3.05, 3.63) is 74.9 Å². The van der Waals surface area contributed by atoms with Crippen molar-refractivity contribution < 1.29 is 40.3 Å². The normalized spacial score (nSPS) is 15.0. The second-order valence-electron chi connectivity index (χ2n) is 11.2. The molecule has 1 aromatic heterocycles. The molecule has 228 valence electrons. The van der Waals surface area contributed by atoms with E-state index in [9.17, 15) is 45.6 Å². The predicted molar refractivity (Wildman–Crippen MR) is 148 cm³/mol. The lowest BCUT2D eigenvalue weighted by Crippen LogP contribution is -2.42. The second-order valence-corrected chi connectivity index (χ2v) is 12.2. The minimum atomic E-state index is -5.11. The Morgan fingerprint density at radius 3 is 1.98 bits per heavy atom. The third-order valence-electron chi connectivity index (χ3n) is 7.85. The van der Waals surface area contributed by atoms with Crippen molar-refractivity contribution in [1.29, 1.82) is 5.26 Å². The van der Waals surface area contributed by atoms with Crippen LogP contribution in [0.1, 0.15) is 78.1 Å². The van der Waals surface area contributed by atoms with E-state index < -0.39 is 46.2 Å². The average Bonchev–Trinajstić information content (AvgIpc) is 3.30. The van der Waals surface area contributed by atoms with Crippen LogP contribution in [0.3, 0.4) is 0 Å². The number of carbonyl (C=O) groups is 2. The molecule has 2 aromatic carbocycles. The first-order valence-electron chi connectivity index (χ1n) is 13.3. The molecule has 1 fully saturated rings. The summed E-state index contributed by atoms with van der Waals surface area (Å²) in [6.07, 6.45) is -8.64. The number of Topliss-reactive ketones (excluding diaryl/α,β-unsaturated/α-hetero) is 1. The average molecular weight is 625 g/mol. The maximum absolute atomic E-state index is 14.1. The Labute approximate surface area is 247 Å². The molecule has 0 bridgehead atoms. The first kappa shape index (κ1) is 32.2. The largest absolute Gasteiger partial charge is 0.416 e. The van der Waals surface area contributed by atoms with E-state index in [0.717, 1.165) is 4.90 Å². The number of hydrogen-bond acceptors (Lipinski definition) is 4. The molecule has 0 aliphatic heterocycles.